The summed E-state index contributed by atoms with van der Waals surface area (Å²) in [7, 11) is 0. The van der Waals surface area contributed by atoms with Crippen molar-refractivity contribution in [1.82, 2.24) is 5.32 Å². The maximum absolute atomic E-state index is 11.9. The topological polar surface area (TPSA) is 38.3 Å². The van der Waals surface area contributed by atoms with E-state index in [0.717, 1.165) is 25.7 Å². The molecule has 0 spiro atoms. The third-order valence-corrected chi connectivity index (χ3v) is 4.45. The predicted molar refractivity (Wildman–Crippen MR) is 68.2 cm³/mol. The number of ether oxygens (including phenoxy) is 1. The zero-order valence-electron chi connectivity index (χ0n) is 10.5. The van der Waals surface area contributed by atoms with Crippen molar-refractivity contribution < 1.29 is 9.53 Å². The van der Waals surface area contributed by atoms with Gasteiger partial charge in [0, 0.05) is 11.9 Å². The molecule has 3 nitrogen and oxygen atoms in total. The van der Waals surface area contributed by atoms with Crippen LogP contribution in [0.3, 0.4) is 0 Å². The molecule has 1 amide bonds. The van der Waals surface area contributed by atoms with Crippen LogP contribution in [0.4, 0.5) is 0 Å². The zero-order valence-corrected chi connectivity index (χ0v) is 11.2. The lowest BCUT2D eigenvalue weighted by molar-refractivity contribution is -0.131. The third-order valence-electron chi connectivity index (χ3n) is 3.88. The number of halogens is 1. The highest BCUT2D eigenvalue weighted by atomic mass is 35.5. The second kappa shape index (κ2) is 6.05. The van der Waals surface area contributed by atoms with Gasteiger partial charge in [-0.1, -0.05) is 12.8 Å². The molecule has 4 unspecified atom stereocenters. The van der Waals surface area contributed by atoms with Crippen molar-refractivity contribution in [2.24, 2.45) is 5.92 Å². The second-order valence-corrected chi connectivity index (χ2v) is 5.88. The molecule has 0 aromatic rings. The van der Waals surface area contributed by atoms with Crippen LogP contribution in [0.15, 0.2) is 0 Å². The Morgan fingerprint density at radius 3 is 2.71 bits per heavy atom. The van der Waals surface area contributed by atoms with Gasteiger partial charge in [-0.05, 0) is 38.5 Å². The van der Waals surface area contributed by atoms with E-state index in [1.807, 2.05) is 6.92 Å². The van der Waals surface area contributed by atoms with Crippen molar-refractivity contribution in [2.45, 2.75) is 63.0 Å². The minimum atomic E-state index is -0.234. The predicted octanol–water partition coefficient (Wildman–Crippen LogP) is 2.47. The Hall–Kier alpha value is -0.280. The van der Waals surface area contributed by atoms with E-state index in [4.69, 9.17) is 16.3 Å². The molecule has 1 aliphatic carbocycles. The van der Waals surface area contributed by atoms with Crippen molar-refractivity contribution in [3.05, 3.63) is 0 Å². The molecule has 1 saturated heterocycles. The highest BCUT2D eigenvalue weighted by Crippen LogP contribution is 2.28. The van der Waals surface area contributed by atoms with E-state index in [1.54, 1.807) is 0 Å². The SMILES string of the molecule is CC1CCC(C(=O)NCC2CCCCC2Cl)O1. The van der Waals surface area contributed by atoms with Crippen LogP contribution in [-0.4, -0.2) is 30.0 Å². The molecule has 0 bridgehead atoms. The Morgan fingerprint density at radius 1 is 1.29 bits per heavy atom. The first kappa shape index (κ1) is 13.2. The number of amides is 1. The summed E-state index contributed by atoms with van der Waals surface area (Å²) < 4.78 is 5.54. The Balaban J connectivity index is 1.72. The minimum absolute atomic E-state index is 0.0452. The Morgan fingerprint density at radius 2 is 2.06 bits per heavy atom. The minimum Gasteiger partial charge on any atom is -0.365 e. The van der Waals surface area contributed by atoms with Crippen molar-refractivity contribution in [3.63, 3.8) is 0 Å². The van der Waals surface area contributed by atoms with E-state index < -0.39 is 0 Å². The number of hydrogen-bond donors (Lipinski definition) is 1. The quantitative estimate of drug-likeness (QED) is 0.791. The first-order chi connectivity index (χ1) is 8.16. The van der Waals surface area contributed by atoms with Gasteiger partial charge in [0.1, 0.15) is 6.10 Å². The molecule has 4 atom stereocenters. The molecule has 4 heteroatoms. The number of nitrogens with one attached hydrogen (secondary N) is 1. The van der Waals surface area contributed by atoms with E-state index in [2.05, 4.69) is 5.32 Å². The van der Waals surface area contributed by atoms with E-state index >= 15 is 0 Å². The van der Waals surface area contributed by atoms with Gasteiger partial charge in [-0.3, -0.25) is 4.79 Å². The molecule has 1 aliphatic heterocycles. The van der Waals surface area contributed by atoms with Crippen LogP contribution in [0.2, 0.25) is 0 Å². The van der Waals surface area contributed by atoms with E-state index in [1.165, 1.54) is 12.8 Å². The largest absolute Gasteiger partial charge is 0.365 e. The molecule has 0 aromatic carbocycles. The Labute approximate surface area is 108 Å². The zero-order chi connectivity index (χ0) is 12.3. The first-order valence-corrected chi connectivity index (χ1v) is 7.17. The van der Waals surface area contributed by atoms with Crippen LogP contribution in [0, 0.1) is 5.92 Å². The van der Waals surface area contributed by atoms with Crippen LogP contribution < -0.4 is 5.32 Å². The Kier molecular flexibility index (Phi) is 4.69. The van der Waals surface area contributed by atoms with Gasteiger partial charge in [0.15, 0.2) is 0 Å². The number of carbonyl (C=O) groups excluding carboxylic acids is 1. The van der Waals surface area contributed by atoms with Gasteiger partial charge in [0.25, 0.3) is 0 Å². The fourth-order valence-electron chi connectivity index (χ4n) is 2.73. The van der Waals surface area contributed by atoms with Gasteiger partial charge in [-0.25, -0.2) is 0 Å². The fraction of sp³-hybridized carbons (Fsp3) is 0.923. The fourth-order valence-corrected chi connectivity index (χ4v) is 3.10. The van der Waals surface area contributed by atoms with E-state index in [0.29, 0.717) is 12.5 Å². The average Bonchev–Trinajstić information content (AvgIpc) is 2.74. The molecule has 1 heterocycles. The lowest BCUT2D eigenvalue weighted by Crippen LogP contribution is -2.40. The standard InChI is InChI=1S/C13H22ClNO2/c1-9-6-7-12(17-9)13(16)15-8-10-4-2-3-5-11(10)14/h9-12H,2-8H2,1H3,(H,15,16). The summed E-state index contributed by atoms with van der Waals surface area (Å²) in [6, 6.07) is 0. The number of alkyl halides is 1. The number of carbonyl (C=O) groups is 1. The average molecular weight is 260 g/mol. The van der Waals surface area contributed by atoms with E-state index in [9.17, 15) is 4.79 Å². The van der Waals surface area contributed by atoms with Gasteiger partial charge in [-0.2, -0.15) is 0 Å². The molecule has 2 rings (SSSR count). The third kappa shape index (κ3) is 3.59. The van der Waals surface area contributed by atoms with Gasteiger partial charge in [0.05, 0.1) is 6.10 Å². The lowest BCUT2D eigenvalue weighted by atomic mass is 9.88. The van der Waals surface area contributed by atoms with E-state index in [-0.39, 0.29) is 23.5 Å². The van der Waals surface area contributed by atoms with Gasteiger partial charge in [-0.15, -0.1) is 11.6 Å². The molecule has 17 heavy (non-hydrogen) atoms. The maximum Gasteiger partial charge on any atom is 0.249 e. The van der Waals surface area contributed by atoms with Gasteiger partial charge < -0.3 is 10.1 Å². The van der Waals surface area contributed by atoms with Crippen molar-refractivity contribution in [2.75, 3.05) is 6.54 Å². The molecule has 98 valence electrons. The van der Waals surface area contributed by atoms with Crippen molar-refractivity contribution >= 4 is 17.5 Å². The summed E-state index contributed by atoms with van der Waals surface area (Å²) in [4.78, 5) is 11.9. The summed E-state index contributed by atoms with van der Waals surface area (Å²) in [5.74, 6) is 0.483. The number of rotatable bonds is 3. The normalized spacial score (nSPS) is 38.0. The lowest BCUT2D eigenvalue weighted by Gasteiger charge is -2.27. The summed E-state index contributed by atoms with van der Waals surface area (Å²) in [5, 5.41) is 3.23. The van der Waals surface area contributed by atoms with Crippen LogP contribution in [-0.2, 0) is 9.53 Å². The summed E-state index contributed by atoms with van der Waals surface area (Å²) >= 11 is 6.27. The Bertz CT molecular complexity index is 272. The molecule has 0 aromatic heterocycles. The molecular weight excluding hydrogens is 238 g/mol. The van der Waals surface area contributed by atoms with Crippen LogP contribution in [0.1, 0.15) is 45.4 Å². The molecule has 1 N–H and O–H groups in total. The monoisotopic (exact) mass is 259 g/mol. The maximum atomic E-state index is 11.9. The molecule has 1 saturated carbocycles. The highest BCUT2D eigenvalue weighted by molar-refractivity contribution is 6.20. The first-order valence-electron chi connectivity index (χ1n) is 6.74. The molecular formula is C13H22ClNO2. The van der Waals surface area contributed by atoms with Gasteiger partial charge in [0.2, 0.25) is 5.91 Å². The summed E-state index contributed by atoms with van der Waals surface area (Å²) in [5.41, 5.74) is 0. The van der Waals surface area contributed by atoms with Crippen molar-refractivity contribution in [1.29, 1.82) is 0 Å². The second-order valence-electron chi connectivity index (χ2n) is 5.32. The van der Waals surface area contributed by atoms with Crippen LogP contribution >= 0.6 is 11.6 Å². The van der Waals surface area contributed by atoms with Crippen LogP contribution in [0.25, 0.3) is 0 Å². The molecule has 2 fully saturated rings. The molecule has 0 radical (unpaired) electrons. The van der Waals surface area contributed by atoms with Gasteiger partial charge >= 0.3 is 0 Å². The van der Waals surface area contributed by atoms with Crippen molar-refractivity contribution in [3.8, 4) is 0 Å². The smallest absolute Gasteiger partial charge is 0.249 e. The molecule has 2 aliphatic rings. The number of hydrogen-bond acceptors (Lipinski definition) is 2. The summed E-state index contributed by atoms with van der Waals surface area (Å²) in [6.45, 7) is 2.73. The highest BCUT2D eigenvalue weighted by Gasteiger charge is 2.29. The van der Waals surface area contributed by atoms with Crippen LogP contribution in [0.5, 0.6) is 0 Å². The summed E-state index contributed by atoms with van der Waals surface area (Å²) in [6.07, 6.45) is 6.50.